The van der Waals surface area contributed by atoms with Crippen molar-refractivity contribution >= 4 is 29.0 Å². The molecule has 5 heterocycles. The van der Waals surface area contributed by atoms with Gasteiger partial charge in [-0.05, 0) is 136 Å². The molecule has 5 aromatic rings. The van der Waals surface area contributed by atoms with E-state index in [9.17, 15) is 23.6 Å². The smallest absolute Gasteiger partial charge is 0.264 e. The van der Waals surface area contributed by atoms with Gasteiger partial charge in [0.25, 0.3) is 12.3 Å². The molecule has 3 aliphatic carbocycles. The monoisotopic (exact) mass is 1010 g/mol. The van der Waals surface area contributed by atoms with Gasteiger partial charge in [-0.15, -0.1) is 0 Å². The molecule has 11 rings (SSSR count). The van der Waals surface area contributed by atoms with Crippen molar-refractivity contribution < 1.29 is 27.8 Å². The highest BCUT2D eigenvalue weighted by Crippen LogP contribution is 2.56. The highest BCUT2D eigenvalue weighted by atomic mass is 19.3. The summed E-state index contributed by atoms with van der Waals surface area (Å²) in [5, 5.41) is 22.4. The maximum atomic E-state index is 14.8. The summed E-state index contributed by atoms with van der Waals surface area (Å²) < 4.78 is 45.5. The van der Waals surface area contributed by atoms with Gasteiger partial charge in [-0.2, -0.15) is 15.5 Å². The van der Waals surface area contributed by atoms with Crippen LogP contribution in [-0.2, 0) is 31.2 Å². The van der Waals surface area contributed by atoms with Crippen molar-refractivity contribution in [3.8, 4) is 28.7 Å². The zero-order valence-corrected chi connectivity index (χ0v) is 44.1. The van der Waals surface area contributed by atoms with E-state index in [4.69, 9.17) is 14.6 Å². The SMILES string of the molecule is COc1cc(OC2C(C)(C)C(NC(=O)c3ccc(N4CC5(CCC(C6CCC(n7nc(N8CCCc9cc(-c%10cnn(C)c%10)c(C(F)F)cc98)c8c7CCN(C(C)=O)C8)CC6)CC5)C4)cc3)C2(C)C)ccc1C#N. The number of nitrogens with one attached hydrogen (secondary N) is 1. The molecule has 13 nitrogen and oxygen atoms in total. The molecule has 3 saturated carbocycles. The topological polar surface area (TPSA) is 134 Å². The third-order valence-electron chi connectivity index (χ3n) is 18.4. The van der Waals surface area contributed by atoms with Crippen LogP contribution in [0.25, 0.3) is 11.1 Å². The number of carbonyl (C=O) groups is 2. The minimum absolute atomic E-state index is 0.00207. The lowest BCUT2D eigenvalue weighted by molar-refractivity contribution is -0.164. The lowest BCUT2D eigenvalue weighted by Crippen LogP contribution is -2.74. The molecule has 0 atom stereocenters. The van der Waals surface area contributed by atoms with E-state index in [-0.39, 0.29) is 46.4 Å². The highest BCUT2D eigenvalue weighted by molar-refractivity contribution is 5.95. The lowest BCUT2D eigenvalue weighted by atomic mass is 9.49. The summed E-state index contributed by atoms with van der Waals surface area (Å²) in [5.41, 5.74) is 7.24. The van der Waals surface area contributed by atoms with Gasteiger partial charge >= 0.3 is 0 Å². The quantitative estimate of drug-likeness (QED) is 0.137. The second-order valence-corrected chi connectivity index (χ2v) is 23.7. The Morgan fingerprint density at radius 1 is 0.905 bits per heavy atom. The highest BCUT2D eigenvalue weighted by Gasteiger charge is 2.64. The van der Waals surface area contributed by atoms with Crippen LogP contribution in [0.4, 0.5) is 26.0 Å². The van der Waals surface area contributed by atoms with E-state index in [2.05, 4.69) is 70.8 Å². The van der Waals surface area contributed by atoms with Crippen molar-refractivity contribution in [2.75, 3.05) is 43.1 Å². The fraction of sp³-hybridized carbons (Fsp3) is 0.542. The third-order valence-corrected chi connectivity index (χ3v) is 18.4. The number of anilines is 3. The number of hydrogen-bond acceptors (Lipinski definition) is 9. The number of amides is 2. The zero-order valence-electron chi connectivity index (χ0n) is 44.1. The molecule has 1 spiro atoms. The molecule has 2 aromatic heterocycles. The number of benzene rings is 3. The van der Waals surface area contributed by atoms with E-state index in [1.165, 1.54) is 49.9 Å². The van der Waals surface area contributed by atoms with Gasteiger partial charge in [-0.25, -0.2) is 8.78 Å². The van der Waals surface area contributed by atoms with Crippen LogP contribution in [0.2, 0.25) is 0 Å². The van der Waals surface area contributed by atoms with Crippen LogP contribution in [0.3, 0.4) is 0 Å². The third kappa shape index (κ3) is 8.77. The van der Waals surface area contributed by atoms with Crippen molar-refractivity contribution in [2.45, 2.75) is 136 Å². The fourth-order valence-electron chi connectivity index (χ4n) is 14.7. The van der Waals surface area contributed by atoms with Gasteiger partial charge in [0.1, 0.15) is 23.7 Å². The largest absolute Gasteiger partial charge is 0.495 e. The molecule has 15 heteroatoms. The Bertz CT molecular complexity index is 2970. The molecule has 74 heavy (non-hydrogen) atoms. The van der Waals surface area contributed by atoms with E-state index in [0.29, 0.717) is 64.7 Å². The molecule has 0 radical (unpaired) electrons. The second-order valence-electron chi connectivity index (χ2n) is 23.7. The number of hydrogen-bond donors (Lipinski definition) is 1. The molecule has 1 N–H and O–H groups in total. The van der Waals surface area contributed by atoms with E-state index >= 15 is 0 Å². The van der Waals surface area contributed by atoms with Crippen molar-refractivity contribution in [3.05, 3.63) is 101 Å². The molecule has 3 aliphatic heterocycles. The first kappa shape index (κ1) is 49.8. The molecule has 1 saturated heterocycles. The Kier molecular flexibility index (Phi) is 12.8. The summed E-state index contributed by atoms with van der Waals surface area (Å²) in [6.07, 6.45) is 12.6. The molecule has 390 valence electrons. The maximum Gasteiger partial charge on any atom is 0.264 e. The number of aryl methyl sites for hydroxylation is 2. The van der Waals surface area contributed by atoms with Gasteiger partial charge in [-0.3, -0.25) is 19.0 Å². The minimum atomic E-state index is -2.65. The van der Waals surface area contributed by atoms with Crippen LogP contribution in [0.5, 0.6) is 11.5 Å². The number of nitriles is 1. The molecule has 2 amide bonds. The number of fused-ring (bicyclic) bond motifs is 2. The van der Waals surface area contributed by atoms with Crippen molar-refractivity contribution in [1.29, 1.82) is 5.26 Å². The molecule has 4 fully saturated rings. The Balaban J connectivity index is 0.694. The molecular formula is C59H71F2N9O4. The zero-order chi connectivity index (χ0) is 51.8. The number of alkyl halides is 2. The van der Waals surface area contributed by atoms with Crippen molar-refractivity contribution in [2.24, 2.45) is 35.1 Å². The number of ether oxygens (including phenoxy) is 2. The number of halogens is 2. The molecule has 0 unspecified atom stereocenters. The summed E-state index contributed by atoms with van der Waals surface area (Å²) >= 11 is 0. The Morgan fingerprint density at radius 3 is 2.27 bits per heavy atom. The number of rotatable bonds is 11. The fourth-order valence-corrected chi connectivity index (χ4v) is 14.7. The van der Waals surface area contributed by atoms with Crippen LogP contribution < -0.4 is 24.6 Å². The van der Waals surface area contributed by atoms with E-state index in [1.54, 1.807) is 62.4 Å². The summed E-state index contributed by atoms with van der Waals surface area (Å²) in [4.78, 5) is 33.0. The van der Waals surface area contributed by atoms with Crippen LogP contribution in [0.15, 0.2) is 67.0 Å². The normalized spacial score (nSPS) is 23.8. The van der Waals surface area contributed by atoms with Gasteiger partial charge < -0.3 is 29.5 Å². The van der Waals surface area contributed by atoms with Crippen LogP contribution in [0, 0.1) is 39.4 Å². The Labute approximate surface area is 434 Å². The molecular weight excluding hydrogens is 937 g/mol. The Hall–Kier alpha value is -6.43. The van der Waals surface area contributed by atoms with Crippen LogP contribution in [-0.4, -0.2) is 81.7 Å². The predicted molar refractivity (Wildman–Crippen MR) is 281 cm³/mol. The van der Waals surface area contributed by atoms with Gasteiger partial charge in [-0.1, -0.05) is 27.7 Å². The van der Waals surface area contributed by atoms with Crippen molar-refractivity contribution in [1.82, 2.24) is 29.8 Å². The van der Waals surface area contributed by atoms with E-state index in [1.807, 2.05) is 23.1 Å². The first-order valence-electron chi connectivity index (χ1n) is 26.9. The lowest BCUT2D eigenvalue weighted by Gasteiger charge is -2.63. The number of aromatic nitrogens is 4. The van der Waals surface area contributed by atoms with Crippen LogP contribution >= 0.6 is 0 Å². The number of nitrogens with zero attached hydrogens (tertiary/aromatic N) is 8. The van der Waals surface area contributed by atoms with Crippen molar-refractivity contribution in [3.63, 3.8) is 0 Å². The summed E-state index contributed by atoms with van der Waals surface area (Å²) in [6, 6.07) is 19.3. The average Bonchev–Trinajstić information content (AvgIpc) is 4.02. The summed E-state index contributed by atoms with van der Waals surface area (Å²) in [7, 11) is 3.34. The van der Waals surface area contributed by atoms with Gasteiger partial charge in [0.05, 0.1) is 31.5 Å². The molecule has 6 aliphatic rings. The van der Waals surface area contributed by atoms with Gasteiger partial charge in [0.15, 0.2) is 5.82 Å². The maximum absolute atomic E-state index is 14.8. The molecule has 3 aromatic carbocycles. The average molecular weight is 1010 g/mol. The van der Waals surface area contributed by atoms with E-state index in [0.717, 1.165) is 73.7 Å². The second kappa shape index (κ2) is 19.1. The Morgan fingerprint density at radius 2 is 1.62 bits per heavy atom. The predicted octanol–water partition coefficient (Wildman–Crippen LogP) is 11.1. The van der Waals surface area contributed by atoms with Crippen LogP contribution in [0.1, 0.15) is 143 Å². The van der Waals surface area contributed by atoms with Gasteiger partial charge in [0, 0.05) is 120 Å². The number of carbonyl (C=O) groups excluding carboxylic acids is 2. The summed E-state index contributed by atoms with van der Waals surface area (Å²) in [6.45, 7) is 14.1. The number of methoxy groups -OCH3 is 1. The molecule has 0 bridgehead atoms. The first-order chi connectivity index (χ1) is 35.5. The van der Waals surface area contributed by atoms with E-state index < -0.39 is 6.43 Å². The summed E-state index contributed by atoms with van der Waals surface area (Å²) in [5.74, 6) is 3.32. The first-order valence-corrected chi connectivity index (χ1v) is 26.9. The van der Waals surface area contributed by atoms with Gasteiger partial charge in [0.2, 0.25) is 5.91 Å². The standard InChI is InChI=1S/C59H71F2N9O4/c1-36(71)67-26-22-49-48(33-67)53(69-25-8-9-40-27-46(42-31-63-66(6)32-42)47(52(60)61)29-50(40)69)65-70(49)44-17-10-37(11-18-44)38-20-23-59(24-21-38)34-68(35-59)43-15-12-39(13-16-43)54(72)64-55-57(2,3)56(58(55,4)5)74-45-19-14-41(30-62)51(28-45)73-7/h12-16,19,27-29,31-32,37-38,44,52,55-56H,8-11,17-18,20-26,33-35H2,1-7H3,(H,64,72). The minimum Gasteiger partial charge on any atom is -0.495 e.